The lowest BCUT2D eigenvalue weighted by molar-refractivity contribution is -0.118. The van der Waals surface area contributed by atoms with Crippen molar-refractivity contribution in [2.45, 2.75) is 29.3 Å². The molecule has 4 rings (SSSR count). The van der Waals surface area contributed by atoms with Crippen LogP contribution in [-0.4, -0.2) is 58.8 Å². The summed E-state index contributed by atoms with van der Waals surface area (Å²) >= 11 is 1.22. The first-order chi connectivity index (χ1) is 16.5. The molecule has 1 saturated heterocycles. The number of hydrogen-bond acceptors (Lipinski definition) is 7. The zero-order valence-corrected chi connectivity index (χ0v) is 20.1. The van der Waals surface area contributed by atoms with Crippen LogP contribution in [0.15, 0.2) is 64.6 Å². The first-order valence-electron chi connectivity index (χ1n) is 10.9. The maximum atomic E-state index is 13.1. The van der Waals surface area contributed by atoms with Crippen LogP contribution in [0.3, 0.4) is 0 Å². The van der Waals surface area contributed by atoms with E-state index >= 15 is 0 Å². The predicted molar refractivity (Wildman–Crippen MR) is 129 cm³/mol. The number of nitrogens with one attached hydrogen (secondary N) is 1. The zero-order valence-electron chi connectivity index (χ0n) is 18.4. The van der Waals surface area contributed by atoms with Gasteiger partial charge in [-0.1, -0.05) is 42.1 Å². The molecule has 0 bridgehead atoms. The molecule has 0 aliphatic carbocycles. The van der Waals surface area contributed by atoms with E-state index in [1.54, 1.807) is 24.3 Å². The number of carbonyl (C=O) groups is 1. The van der Waals surface area contributed by atoms with Gasteiger partial charge >= 0.3 is 0 Å². The van der Waals surface area contributed by atoms with Gasteiger partial charge in [0, 0.05) is 30.9 Å². The molecule has 34 heavy (non-hydrogen) atoms. The minimum Gasteiger partial charge on any atom is -0.354 e. The maximum absolute atomic E-state index is 13.1. The average molecular weight is 497 g/mol. The van der Waals surface area contributed by atoms with E-state index in [1.807, 2.05) is 41.0 Å². The van der Waals surface area contributed by atoms with Gasteiger partial charge in [-0.15, -0.1) is 10.2 Å². The van der Waals surface area contributed by atoms with Gasteiger partial charge in [-0.2, -0.15) is 9.57 Å². The van der Waals surface area contributed by atoms with Gasteiger partial charge in [0.2, 0.25) is 15.9 Å². The summed E-state index contributed by atoms with van der Waals surface area (Å²) in [6.07, 6.45) is 1.98. The van der Waals surface area contributed by atoms with Crippen molar-refractivity contribution in [3.8, 4) is 23.1 Å². The number of para-hydroxylation sites is 1. The fourth-order valence-corrected chi connectivity index (χ4v) is 6.02. The van der Waals surface area contributed by atoms with Crippen molar-refractivity contribution in [3.05, 3.63) is 54.6 Å². The molecule has 0 unspecified atom stereocenters. The van der Waals surface area contributed by atoms with Gasteiger partial charge < -0.3 is 5.32 Å². The molecule has 1 aromatic heterocycles. The van der Waals surface area contributed by atoms with Crippen LogP contribution in [0, 0.1) is 11.3 Å². The summed E-state index contributed by atoms with van der Waals surface area (Å²) in [4.78, 5) is 12.3. The van der Waals surface area contributed by atoms with Crippen LogP contribution in [0.5, 0.6) is 0 Å². The molecule has 0 radical (unpaired) electrons. The Bertz CT molecular complexity index is 1300. The van der Waals surface area contributed by atoms with E-state index in [9.17, 15) is 13.2 Å². The molecule has 0 saturated carbocycles. The van der Waals surface area contributed by atoms with Crippen molar-refractivity contribution in [3.63, 3.8) is 0 Å². The van der Waals surface area contributed by atoms with Gasteiger partial charge in [-0.3, -0.25) is 9.36 Å². The van der Waals surface area contributed by atoms with Crippen molar-refractivity contribution in [2.24, 2.45) is 0 Å². The van der Waals surface area contributed by atoms with Crippen molar-refractivity contribution in [2.75, 3.05) is 25.4 Å². The number of benzene rings is 2. The molecule has 1 amide bonds. The van der Waals surface area contributed by atoms with E-state index in [1.165, 1.54) is 16.1 Å². The number of rotatable bonds is 9. The summed E-state index contributed by atoms with van der Waals surface area (Å²) in [5, 5.41) is 20.5. The minimum absolute atomic E-state index is 0.111. The number of thioether (sulfide) groups is 1. The lowest BCUT2D eigenvalue weighted by atomic mass is 10.2. The molecule has 2 aromatic carbocycles. The Morgan fingerprint density at radius 1 is 1.09 bits per heavy atom. The molecular formula is C23H24N6O3S2. The Labute approximate surface area is 202 Å². The number of hydrogen-bond donors (Lipinski definition) is 1. The monoisotopic (exact) mass is 496 g/mol. The lowest BCUT2D eigenvalue weighted by Crippen LogP contribution is -2.27. The third kappa shape index (κ3) is 5.30. The smallest absolute Gasteiger partial charge is 0.243 e. The predicted octanol–water partition coefficient (Wildman–Crippen LogP) is 2.84. The second-order valence-corrected chi connectivity index (χ2v) is 10.5. The normalized spacial score (nSPS) is 14.1. The standard InChI is InChI=1S/C23H24N6O3S2/c24-12-7-13-25-21(30)17-33-23-27-26-22(29(23)19-9-2-1-3-10-19)18-8-6-11-20(16-18)34(31,32)28-14-4-5-15-28/h1-3,6,8-11,16H,4-5,7,13-15,17H2,(H,25,30). The zero-order chi connectivity index (χ0) is 24.0. The van der Waals surface area contributed by atoms with Gasteiger partial charge in [0.05, 0.1) is 23.1 Å². The summed E-state index contributed by atoms with van der Waals surface area (Å²) in [6.45, 7) is 1.36. The Morgan fingerprint density at radius 2 is 1.85 bits per heavy atom. The molecule has 1 aliphatic rings. The summed E-state index contributed by atoms with van der Waals surface area (Å²) in [5.41, 5.74) is 1.41. The van der Waals surface area contributed by atoms with Crippen molar-refractivity contribution < 1.29 is 13.2 Å². The maximum Gasteiger partial charge on any atom is 0.243 e. The van der Waals surface area contributed by atoms with E-state index in [4.69, 9.17) is 5.26 Å². The molecule has 0 atom stereocenters. The first kappa shape index (κ1) is 23.9. The molecule has 0 spiro atoms. The Balaban J connectivity index is 1.66. The fraction of sp³-hybridized carbons (Fsp3) is 0.304. The van der Waals surface area contributed by atoms with Crippen LogP contribution in [0.25, 0.3) is 17.1 Å². The molecule has 11 heteroatoms. The van der Waals surface area contributed by atoms with Gasteiger partial charge in [-0.05, 0) is 37.1 Å². The number of sulfonamides is 1. The average Bonchev–Trinajstić information content (AvgIpc) is 3.54. The lowest BCUT2D eigenvalue weighted by Gasteiger charge is -2.16. The molecule has 176 valence electrons. The van der Waals surface area contributed by atoms with Crippen LogP contribution in [0.1, 0.15) is 19.3 Å². The third-order valence-electron chi connectivity index (χ3n) is 5.33. The minimum atomic E-state index is -3.58. The molecule has 1 N–H and O–H groups in total. The number of nitriles is 1. The molecular weight excluding hydrogens is 472 g/mol. The number of carbonyl (C=O) groups excluding carboxylic acids is 1. The summed E-state index contributed by atoms with van der Waals surface area (Å²) in [5.74, 6) is 0.389. The summed E-state index contributed by atoms with van der Waals surface area (Å²) in [6, 6.07) is 18.2. The molecule has 1 fully saturated rings. The van der Waals surface area contributed by atoms with Crippen molar-refractivity contribution >= 4 is 27.7 Å². The molecule has 3 aromatic rings. The summed E-state index contributed by atoms with van der Waals surface area (Å²) in [7, 11) is -3.58. The largest absolute Gasteiger partial charge is 0.354 e. The Kier molecular flexibility index (Phi) is 7.62. The highest BCUT2D eigenvalue weighted by Gasteiger charge is 2.28. The van der Waals surface area contributed by atoms with Crippen LogP contribution in [0.2, 0.25) is 0 Å². The van der Waals surface area contributed by atoms with Gasteiger partial charge in [0.1, 0.15) is 0 Å². The fourth-order valence-electron chi connectivity index (χ4n) is 3.67. The van der Waals surface area contributed by atoms with E-state index in [-0.39, 0.29) is 23.0 Å². The SMILES string of the molecule is N#CCCNC(=O)CSc1nnc(-c2cccc(S(=O)(=O)N3CCCC3)c2)n1-c1ccccc1. The summed E-state index contributed by atoms with van der Waals surface area (Å²) < 4.78 is 29.5. The molecule has 1 aliphatic heterocycles. The third-order valence-corrected chi connectivity index (χ3v) is 8.16. The van der Waals surface area contributed by atoms with Crippen LogP contribution in [0.4, 0.5) is 0 Å². The van der Waals surface area contributed by atoms with Crippen molar-refractivity contribution in [1.82, 2.24) is 24.4 Å². The van der Waals surface area contributed by atoms with Crippen LogP contribution < -0.4 is 5.32 Å². The van der Waals surface area contributed by atoms with E-state index in [0.717, 1.165) is 18.5 Å². The van der Waals surface area contributed by atoms with Crippen LogP contribution in [-0.2, 0) is 14.8 Å². The first-order valence-corrected chi connectivity index (χ1v) is 13.3. The number of aromatic nitrogens is 3. The van der Waals surface area contributed by atoms with Gasteiger partial charge in [0.25, 0.3) is 0 Å². The number of nitrogens with zero attached hydrogens (tertiary/aromatic N) is 5. The quantitative estimate of drug-likeness (QED) is 0.357. The van der Waals surface area contributed by atoms with Crippen LogP contribution >= 0.6 is 11.8 Å². The Morgan fingerprint density at radius 3 is 2.59 bits per heavy atom. The molecule has 2 heterocycles. The second kappa shape index (κ2) is 10.8. The number of amides is 1. The van der Waals surface area contributed by atoms with E-state index < -0.39 is 10.0 Å². The topological polar surface area (TPSA) is 121 Å². The highest BCUT2D eigenvalue weighted by molar-refractivity contribution is 7.99. The van der Waals surface area contributed by atoms with Crippen molar-refractivity contribution in [1.29, 1.82) is 5.26 Å². The highest BCUT2D eigenvalue weighted by atomic mass is 32.2. The van der Waals surface area contributed by atoms with E-state index in [2.05, 4.69) is 15.5 Å². The van der Waals surface area contributed by atoms with E-state index in [0.29, 0.717) is 36.2 Å². The highest BCUT2D eigenvalue weighted by Crippen LogP contribution is 2.30. The van der Waals surface area contributed by atoms with Gasteiger partial charge in [0.15, 0.2) is 11.0 Å². The molecule has 9 nitrogen and oxygen atoms in total. The van der Waals surface area contributed by atoms with Gasteiger partial charge in [-0.25, -0.2) is 8.42 Å². The Hall–Kier alpha value is -3.20. The second-order valence-electron chi connectivity index (χ2n) is 7.66.